The van der Waals surface area contributed by atoms with Gasteiger partial charge in [-0.2, -0.15) is 0 Å². The van der Waals surface area contributed by atoms with Gasteiger partial charge in [0.05, 0.1) is 0 Å². The quantitative estimate of drug-likeness (QED) is 0.889. The second-order valence-electron chi connectivity index (χ2n) is 4.10. The highest BCUT2D eigenvalue weighted by molar-refractivity contribution is 6.35. The number of nitrogens with two attached hydrogens (primary N) is 1. The highest BCUT2D eigenvalue weighted by Gasteiger charge is 2.10. The molecule has 0 radical (unpaired) electrons. The normalized spacial score (nSPS) is 12.4. The van der Waals surface area contributed by atoms with Crippen LogP contribution in [0.5, 0.6) is 0 Å². The van der Waals surface area contributed by atoms with Crippen LogP contribution in [0.25, 0.3) is 0 Å². The van der Waals surface area contributed by atoms with Gasteiger partial charge < -0.3 is 5.73 Å². The van der Waals surface area contributed by atoms with E-state index in [4.69, 9.17) is 28.9 Å². The molecule has 0 saturated heterocycles. The fraction of sp³-hybridized carbons (Fsp3) is 0.143. The third-order valence-electron chi connectivity index (χ3n) is 2.75. The summed E-state index contributed by atoms with van der Waals surface area (Å²) in [6.45, 7) is 0. The van der Waals surface area contributed by atoms with Gasteiger partial charge in [0.1, 0.15) is 5.82 Å². The van der Waals surface area contributed by atoms with Crippen molar-refractivity contribution in [3.8, 4) is 0 Å². The maximum atomic E-state index is 12.8. The lowest BCUT2D eigenvalue weighted by atomic mass is 10.00. The van der Waals surface area contributed by atoms with Gasteiger partial charge >= 0.3 is 0 Å². The minimum Gasteiger partial charge on any atom is -0.324 e. The van der Waals surface area contributed by atoms with Crippen molar-refractivity contribution in [2.75, 3.05) is 0 Å². The van der Waals surface area contributed by atoms with Crippen molar-refractivity contribution in [2.24, 2.45) is 5.73 Å². The van der Waals surface area contributed by atoms with E-state index >= 15 is 0 Å². The Hall–Kier alpha value is -1.09. The Bertz CT molecular complexity index is 540. The Kier molecular flexibility index (Phi) is 4.23. The molecule has 2 aromatic carbocycles. The lowest BCUT2D eigenvalue weighted by Crippen LogP contribution is -2.13. The molecule has 0 spiro atoms. The molecule has 0 bridgehead atoms. The molecule has 2 aromatic rings. The highest BCUT2D eigenvalue weighted by Crippen LogP contribution is 2.25. The molecule has 0 aliphatic carbocycles. The second kappa shape index (κ2) is 5.70. The zero-order valence-corrected chi connectivity index (χ0v) is 11.0. The molecule has 18 heavy (non-hydrogen) atoms. The Labute approximate surface area is 115 Å². The summed E-state index contributed by atoms with van der Waals surface area (Å²) in [6, 6.07) is 11.3. The smallest absolute Gasteiger partial charge is 0.123 e. The monoisotopic (exact) mass is 283 g/mol. The van der Waals surface area contributed by atoms with Crippen LogP contribution in [-0.4, -0.2) is 0 Å². The number of hydrogen-bond donors (Lipinski definition) is 1. The fourth-order valence-corrected chi connectivity index (χ4v) is 2.24. The summed E-state index contributed by atoms with van der Waals surface area (Å²) in [4.78, 5) is 0. The largest absolute Gasteiger partial charge is 0.324 e. The van der Waals surface area contributed by atoms with Crippen molar-refractivity contribution in [2.45, 2.75) is 12.5 Å². The van der Waals surface area contributed by atoms with Crippen LogP contribution in [0.1, 0.15) is 17.2 Å². The highest BCUT2D eigenvalue weighted by atomic mass is 35.5. The van der Waals surface area contributed by atoms with E-state index in [1.807, 2.05) is 6.07 Å². The van der Waals surface area contributed by atoms with E-state index in [-0.39, 0.29) is 11.9 Å². The lowest BCUT2D eigenvalue weighted by molar-refractivity contribution is 0.624. The maximum absolute atomic E-state index is 12.8. The van der Waals surface area contributed by atoms with E-state index in [2.05, 4.69) is 0 Å². The molecule has 1 nitrogen and oxygen atoms in total. The van der Waals surface area contributed by atoms with Crippen LogP contribution in [0.15, 0.2) is 42.5 Å². The number of halogens is 3. The molecule has 0 aliphatic rings. The number of rotatable bonds is 3. The summed E-state index contributed by atoms with van der Waals surface area (Å²) in [5.41, 5.74) is 7.88. The van der Waals surface area contributed by atoms with Gasteiger partial charge in [0, 0.05) is 16.1 Å². The molecule has 2 rings (SSSR count). The molecule has 0 heterocycles. The average Bonchev–Trinajstić information content (AvgIpc) is 2.33. The molecule has 2 N–H and O–H groups in total. The molecule has 0 aromatic heterocycles. The van der Waals surface area contributed by atoms with Crippen LogP contribution < -0.4 is 5.73 Å². The Morgan fingerprint density at radius 3 is 2.33 bits per heavy atom. The number of hydrogen-bond acceptors (Lipinski definition) is 1. The van der Waals surface area contributed by atoms with Gasteiger partial charge in [-0.05, 0) is 41.8 Å². The molecule has 94 valence electrons. The van der Waals surface area contributed by atoms with E-state index in [1.165, 1.54) is 12.1 Å². The van der Waals surface area contributed by atoms with Crippen LogP contribution in [-0.2, 0) is 6.42 Å². The minimum atomic E-state index is -0.268. The van der Waals surface area contributed by atoms with Crippen molar-refractivity contribution < 1.29 is 4.39 Å². The third kappa shape index (κ3) is 3.22. The molecular weight excluding hydrogens is 272 g/mol. The molecular formula is C14H12Cl2FN. The zero-order chi connectivity index (χ0) is 13.1. The fourth-order valence-electron chi connectivity index (χ4n) is 1.75. The van der Waals surface area contributed by atoms with Crippen molar-refractivity contribution in [3.05, 3.63) is 69.5 Å². The first-order valence-corrected chi connectivity index (χ1v) is 6.27. The molecule has 0 amide bonds. The van der Waals surface area contributed by atoms with Gasteiger partial charge in [0.25, 0.3) is 0 Å². The van der Waals surface area contributed by atoms with E-state index in [0.717, 1.165) is 11.1 Å². The van der Waals surface area contributed by atoms with E-state index < -0.39 is 0 Å². The molecule has 0 unspecified atom stereocenters. The van der Waals surface area contributed by atoms with Gasteiger partial charge in [-0.25, -0.2) is 4.39 Å². The Morgan fingerprint density at radius 2 is 1.72 bits per heavy atom. The SMILES string of the molecule is N[C@@H](Cc1ccc(Cl)cc1Cl)c1ccc(F)cc1. The molecule has 0 saturated carbocycles. The maximum Gasteiger partial charge on any atom is 0.123 e. The summed E-state index contributed by atoms with van der Waals surface area (Å²) in [5, 5.41) is 1.19. The molecule has 4 heteroatoms. The van der Waals surface area contributed by atoms with E-state index in [1.54, 1.807) is 24.3 Å². The summed E-state index contributed by atoms with van der Waals surface area (Å²) in [7, 11) is 0. The van der Waals surface area contributed by atoms with Crippen LogP contribution in [0.2, 0.25) is 10.0 Å². The van der Waals surface area contributed by atoms with Crippen molar-refractivity contribution in [1.82, 2.24) is 0 Å². The van der Waals surface area contributed by atoms with Crippen LogP contribution in [0.4, 0.5) is 4.39 Å². The first kappa shape index (κ1) is 13.3. The molecule has 0 fully saturated rings. The van der Waals surface area contributed by atoms with Gasteiger partial charge in [0.2, 0.25) is 0 Å². The first-order valence-electron chi connectivity index (χ1n) is 5.51. The van der Waals surface area contributed by atoms with Crippen LogP contribution in [0.3, 0.4) is 0 Å². The lowest BCUT2D eigenvalue weighted by Gasteiger charge is -2.13. The van der Waals surface area contributed by atoms with Crippen molar-refractivity contribution >= 4 is 23.2 Å². The average molecular weight is 284 g/mol. The molecule has 1 atom stereocenters. The van der Waals surface area contributed by atoms with Gasteiger partial charge in [-0.15, -0.1) is 0 Å². The Morgan fingerprint density at radius 1 is 1.06 bits per heavy atom. The van der Waals surface area contributed by atoms with Crippen molar-refractivity contribution in [1.29, 1.82) is 0 Å². The standard InChI is InChI=1S/C14H12Cl2FN/c15-11-4-1-10(13(16)8-11)7-14(18)9-2-5-12(17)6-3-9/h1-6,8,14H,7,18H2/t14-/m0/s1. The number of benzene rings is 2. The van der Waals surface area contributed by atoms with Crippen LogP contribution in [0, 0.1) is 5.82 Å². The van der Waals surface area contributed by atoms with Gasteiger partial charge in [-0.3, -0.25) is 0 Å². The van der Waals surface area contributed by atoms with Crippen molar-refractivity contribution in [3.63, 3.8) is 0 Å². The molecule has 0 aliphatic heterocycles. The third-order valence-corrected chi connectivity index (χ3v) is 3.34. The first-order chi connectivity index (χ1) is 8.56. The van der Waals surface area contributed by atoms with Crippen LogP contribution >= 0.6 is 23.2 Å². The predicted octanol–water partition coefficient (Wildman–Crippen LogP) is 4.38. The minimum absolute atomic E-state index is 0.218. The summed E-state index contributed by atoms with van der Waals surface area (Å²) in [5.74, 6) is -0.268. The second-order valence-corrected chi connectivity index (χ2v) is 4.94. The van der Waals surface area contributed by atoms with E-state index in [0.29, 0.717) is 16.5 Å². The van der Waals surface area contributed by atoms with E-state index in [9.17, 15) is 4.39 Å². The summed E-state index contributed by atoms with van der Waals surface area (Å²) < 4.78 is 12.8. The summed E-state index contributed by atoms with van der Waals surface area (Å²) in [6.07, 6.45) is 0.585. The van der Waals surface area contributed by atoms with Gasteiger partial charge in [-0.1, -0.05) is 41.4 Å². The topological polar surface area (TPSA) is 26.0 Å². The Balaban J connectivity index is 2.15. The van der Waals surface area contributed by atoms with Gasteiger partial charge in [0.15, 0.2) is 0 Å². The summed E-state index contributed by atoms with van der Waals surface area (Å²) >= 11 is 11.9. The predicted molar refractivity (Wildman–Crippen MR) is 73.5 cm³/mol. The zero-order valence-electron chi connectivity index (χ0n) is 9.54.